The van der Waals surface area contributed by atoms with Crippen LogP contribution in [-0.2, 0) is 14.3 Å². The Bertz CT molecular complexity index is 179. The molecule has 0 spiro atoms. The maximum Gasteiger partial charge on any atom is 0.316 e. The van der Waals surface area contributed by atoms with Gasteiger partial charge in [-0.2, -0.15) is 0 Å². The highest BCUT2D eigenvalue weighted by Gasteiger charge is 2.29. The zero-order valence-corrected chi connectivity index (χ0v) is 9.50. The van der Waals surface area contributed by atoms with Crippen LogP contribution in [0.4, 0.5) is 0 Å². The number of rotatable bonds is 6. The van der Waals surface area contributed by atoms with Crippen molar-refractivity contribution in [2.45, 2.75) is 40.5 Å². The Kier molecular flexibility index (Phi) is 6.17. The van der Waals surface area contributed by atoms with Crippen LogP contribution in [0.25, 0.3) is 0 Å². The zero-order chi connectivity index (χ0) is 11.1. The lowest BCUT2D eigenvalue weighted by molar-refractivity contribution is -0.153. The largest absolute Gasteiger partial charge is 0.465 e. The van der Waals surface area contributed by atoms with E-state index in [4.69, 9.17) is 4.74 Å². The van der Waals surface area contributed by atoms with E-state index in [0.29, 0.717) is 13.0 Å². The van der Waals surface area contributed by atoms with E-state index in [1.807, 2.05) is 20.8 Å². The minimum absolute atomic E-state index is 0.000880. The molecule has 82 valence electrons. The van der Waals surface area contributed by atoms with Gasteiger partial charge in [0.05, 0.1) is 6.61 Å². The molecule has 3 nitrogen and oxygen atoms in total. The van der Waals surface area contributed by atoms with Crippen LogP contribution in [0.2, 0.25) is 0 Å². The van der Waals surface area contributed by atoms with Crippen molar-refractivity contribution >= 4 is 11.8 Å². The van der Waals surface area contributed by atoms with Gasteiger partial charge in [0.15, 0.2) is 0 Å². The highest BCUT2D eigenvalue weighted by Crippen LogP contribution is 2.16. The first-order valence-electron chi connectivity index (χ1n) is 5.23. The fourth-order valence-electron chi connectivity index (χ4n) is 1.41. The summed E-state index contributed by atoms with van der Waals surface area (Å²) in [6, 6.07) is 0. The number of esters is 1. The van der Waals surface area contributed by atoms with Crippen molar-refractivity contribution in [3.63, 3.8) is 0 Å². The molecule has 0 aromatic rings. The molecular formula is C11H20O3. The van der Waals surface area contributed by atoms with Gasteiger partial charge in [-0.15, -0.1) is 0 Å². The summed E-state index contributed by atoms with van der Waals surface area (Å²) in [5.41, 5.74) is 0. The molecule has 0 aromatic carbocycles. The quantitative estimate of drug-likeness (QED) is 0.487. The number of ketones is 1. The third-order valence-corrected chi connectivity index (χ3v) is 2.05. The molecule has 0 bridgehead atoms. The maximum atomic E-state index is 11.6. The van der Waals surface area contributed by atoms with Crippen LogP contribution in [0.3, 0.4) is 0 Å². The van der Waals surface area contributed by atoms with Gasteiger partial charge in [0, 0.05) is 6.42 Å². The Morgan fingerprint density at radius 1 is 1.21 bits per heavy atom. The van der Waals surface area contributed by atoms with E-state index in [1.54, 1.807) is 6.92 Å². The molecule has 0 rings (SSSR count). The molecule has 0 aliphatic carbocycles. The van der Waals surface area contributed by atoms with Crippen LogP contribution in [0, 0.1) is 11.8 Å². The number of carbonyl (C=O) groups excluding carboxylic acids is 2. The van der Waals surface area contributed by atoms with Crippen molar-refractivity contribution in [3.8, 4) is 0 Å². The van der Waals surface area contributed by atoms with Crippen LogP contribution >= 0.6 is 0 Å². The van der Waals surface area contributed by atoms with Gasteiger partial charge < -0.3 is 4.74 Å². The summed E-state index contributed by atoms with van der Waals surface area (Å²) in [6.45, 7) is 7.76. The molecule has 0 N–H and O–H groups in total. The normalized spacial score (nSPS) is 12.6. The lowest BCUT2D eigenvalue weighted by atomic mass is 9.89. The summed E-state index contributed by atoms with van der Waals surface area (Å²) < 4.78 is 4.87. The van der Waals surface area contributed by atoms with E-state index in [-0.39, 0.29) is 17.7 Å². The summed E-state index contributed by atoms with van der Waals surface area (Å²) in [4.78, 5) is 23.1. The molecule has 0 radical (unpaired) electrons. The summed E-state index contributed by atoms with van der Waals surface area (Å²) >= 11 is 0. The standard InChI is InChI=1S/C11H20O3/c1-5-7-9(12)10(8(3)4)11(13)14-6-2/h8,10H,5-7H2,1-4H3. The van der Waals surface area contributed by atoms with E-state index in [9.17, 15) is 9.59 Å². The van der Waals surface area contributed by atoms with Gasteiger partial charge in [-0.1, -0.05) is 20.8 Å². The summed E-state index contributed by atoms with van der Waals surface area (Å²) in [5, 5.41) is 0. The Balaban J connectivity index is 4.42. The second kappa shape index (κ2) is 6.57. The number of hydrogen-bond acceptors (Lipinski definition) is 3. The molecule has 3 heteroatoms. The minimum Gasteiger partial charge on any atom is -0.465 e. The first-order valence-corrected chi connectivity index (χ1v) is 5.23. The maximum absolute atomic E-state index is 11.6. The van der Waals surface area contributed by atoms with Gasteiger partial charge >= 0.3 is 5.97 Å². The highest BCUT2D eigenvalue weighted by atomic mass is 16.5. The highest BCUT2D eigenvalue weighted by molar-refractivity contribution is 5.99. The molecule has 0 aliphatic rings. The van der Waals surface area contributed by atoms with Crippen molar-refractivity contribution in [2.75, 3.05) is 6.61 Å². The zero-order valence-electron chi connectivity index (χ0n) is 9.50. The van der Waals surface area contributed by atoms with Crippen molar-refractivity contribution in [2.24, 2.45) is 11.8 Å². The lowest BCUT2D eigenvalue weighted by Crippen LogP contribution is -2.30. The van der Waals surface area contributed by atoms with Gasteiger partial charge in [-0.05, 0) is 19.3 Å². The average molecular weight is 200 g/mol. The second-order valence-corrected chi connectivity index (χ2v) is 3.69. The number of ether oxygens (including phenoxy) is 1. The molecule has 0 heterocycles. The molecule has 0 amide bonds. The predicted molar refractivity (Wildman–Crippen MR) is 54.9 cm³/mol. The van der Waals surface area contributed by atoms with Gasteiger partial charge in [-0.25, -0.2) is 0 Å². The van der Waals surface area contributed by atoms with Crippen LogP contribution in [0.1, 0.15) is 40.5 Å². The van der Waals surface area contributed by atoms with E-state index in [1.165, 1.54) is 0 Å². The fraction of sp³-hybridized carbons (Fsp3) is 0.818. The number of Topliss-reactive ketones (excluding diaryl/α,β-unsaturated/α-hetero) is 1. The average Bonchev–Trinajstić information content (AvgIpc) is 2.04. The second-order valence-electron chi connectivity index (χ2n) is 3.69. The van der Waals surface area contributed by atoms with Crippen molar-refractivity contribution in [1.29, 1.82) is 0 Å². The molecule has 0 aliphatic heterocycles. The fourth-order valence-corrected chi connectivity index (χ4v) is 1.41. The SMILES string of the molecule is CCCC(=O)C(C(=O)OCC)C(C)C. The predicted octanol–water partition coefficient (Wildman–Crippen LogP) is 2.19. The Morgan fingerprint density at radius 3 is 2.14 bits per heavy atom. The van der Waals surface area contributed by atoms with E-state index >= 15 is 0 Å². The first kappa shape index (κ1) is 13.1. The van der Waals surface area contributed by atoms with Crippen LogP contribution in [0.5, 0.6) is 0 Å². The Morgan fingerprint density at radius 2 is 1.79 bits per heavy atom. The third kappa shape index (κ3) is 3.90. The van der Waals surface area contributed by atoms with E-state index in [0.717, 1.165) is 6.42 Å². The topological polar surface area (TPSA) is 43.4 Å². The molecule has 0 aromatic heterocycles. The summed E-state index contributed by atoms with van der Waals surface area (Å²) in [6.07, 6.45) is 1.24. The third-order valence-electron chi connectivity index (χ3n) is 2.05. The smallest absolute Gasteiger partial charge is 0.316 e. The van der Waals surface area contributed by atoms with Gasteiger partial charge in [0.1, 0.15) is 11.7 Å². The lowest BCUT2D eigenvalue weighted by Gasteiger charge is -2.17. The Labute approximate surface area is 85.8 Å². The summed E-state index contributed by atoms with van der Waals surface area (Å²) in [5.74, 6) is -0.926. The molecular weight excluding hydrogens is 180 g/mol. The molecule has 0 saturated carbocycles. The van der Waals surface area contributed by atoms with Crippen LogP contribution in [0.15, 0.2) is 0 Å². The Hall–Kier alpha value is -0.860. The van der Waals surface area contributed by atoms with E-state index < -0.39 is 5.92 Å². The van der Waals surface area contributed by atoms with Crippen LogP contribution in [-0.4, -0.2) is 18.4 Å². The van der Waals surface area contributed by atoms with Gasteiger partial charge in [0.25, 0.3) is 0 Å². The van der Waals surface area contributed by atoms with Gasteiger partial charge in [0.2, 0.25) is 0 Å². The van der Waals surface area contributed by atoms with Crippen LogP contribution < -0.4 is 0 Å². The summed E-state index contributed by atoms with van der Waals surface area (Å²) in [7, 11) is 0. The van der Waals surface area contributed by atoms with Crippen molar-refractivity contribution < 1.29 is 14.3 Å². The molecule has 14 heavy (non-hydrogen) atoms. The van der Waals surface area contributed by atoms with Crippen molar-refractivity contribution in [1.82, 2.24) is 0 Å². The minimum atomic E-state index is -0.574. The molecule has 0 saturated heterocycles. The number of hydrogen-bond donors (Lipinski definition) is 0. The monoisotopic (exact) mass is 200 g/mol. The van der Waals surface area contributed by atoms with Gasteiger partial charge in [-0.3, -0.25) is 9.59 Å². The number of carbonyl (C=O) groups is 2. The molecule has 0 fully saturated rings. The van der Waals surface area contributed by atoms with Crippen molar-refractivity contribution in [3.05, 3.63) is 0 Å². The molecule has 1 atom stereocenters. The first-order chi connectivity index (χ1) is 6.54. The van der Waals surface area contributed by atoms with E-state index in [2.05, 4.69) is 0 Å². The molecule has 1 unspecified atom stereocenters.